The van der Waals surface area contributed by atoms with E-state index < -0.39 is 32.5 Å². The average molecular weight is 612 g/mol. The first-order valence-corrected chi connectivity index (χ1v) is 15.9. The lowest BCUT2D eigenvalue weighted by atomic mass is 10.1. The van der Waals surface area contributed by atoms with E-state index in [9.17, 15) is 21.6 Å². The number of nitrogens with one attached hydrogen (secondary N) is 2. The third kappa shape index (κ3) is 6.90. The van der Waals surface area contributed by atoms with Gasteiger partial charge in [-0.05, 0) is 99.0 Å². The van der Waals surface area contributed by atoms with Gasteiger partial charge in [0.2, 0.25) is 5.91 Å². The Kier molecular flexibility index (Phi) is 8.77. The summed E-state index contributed by atoms with van der Waals surface area (Å²) in [6, 6.07) is 22.3. The molecule has 0 saturated heterocycles. The van der Waals surface area contributed by atoms with E-state index in [2.05, 4.69) is 10.0 Å². The van der Waals surface area contributed by atoms with Crippen LogP contribution in [0.3, 0.4) is 0 Å². The zero-order valence-corrected chi connectivity index (χ0v) is 25.4. The summed E-state index contributed by atoms with van der Waals surface area (Å²) >= 11 is 6.10. The number of rotatable bonds is 9. The molecule has 0 aliphatic carbocycles. The van der Waals surface area contributed by atoms with Crippen LogP contribution in [0.4, 0.5) is 17.1 Å². The van der Waals surface area contributed by atoms with Gasteiger partial charge in [-0.25, -0.2) is 16.8 Å². The number of aryl methyl sites for hydroxylation is 3. The van der Waals surface area contributed by atoms with E-state index in [1.165, 1.54) is 36.4 Å². The molecule has 1 amide bonds. The first-order valence-electron chi connectivity index (χ1n) is 12.6. The highest BCUT2D eigenvalue weighted by molar-refractivity contribution is 7.93. The number of hydrogen-bond acceptors (Lipinski definition) is 5. The summed E-state index contributed by atoms with van der Waals surface area (Å²) in [6.07, 6.45) is 0. The van der Waals surface area contributed by atoms with Gasteiger partial charge in [0.15, 0.2) is 0 Å². The van der Waals surface area contributed by atoms with Crippen molar-refractivity contribution in [1.82, 2.24) is 0 Å². The molecular formula is C30H30ClN3O5S2. The van der Waals surface area contributed by atoms with Gasteiger partial charge in [-0.1, -0.05) is 47.5 Å². The van der Waals surface area contributed by atoms with Crippen LogP contribution in [0.2, 0.25) is 5.02 Å². The van der Waals surface area contributed by atoms with Crippen molar-refractivity contribution in [2.75, 3.05) is 20.9 Å². The minimum Gasteiger partial charge on any atom is -0.325 e. The highest BCUT2D eigenvalue weighted by Crippen LogP contribution is 2.29. The summed E-state index contributed by atoms with van der Waals surface area (Å²) in [6.45, 7) is 6.70. The monoisotopic (exact) mass is 611 g/mol. The second-order valence-corrected chi connectivity index (χ2v) is 13.7. The van der Waals surface area contributed by atoms with Gasteiger partial charge in [-0.3, -0.25) is 13.8 Å². The predicted molar refractivity (Wildman–Crippen MR) is 164 cm³/mol. The molecule has 0 radical (unpaired) electrons. The Labute approximate surface area is 246 Å². The van der Waals surface area contributed by atoms with E-state index >= 15 is 0 Å². The largest absolute Gasteiger partial charge is 0.325 e. The number of anilines is 3. The number of carbonyl (C=O) groups is 1. The van der Waals surface area contributed by atoms with Crippen molar-refractivity contribution < 1.29 is 21.6 Å². The van der Waals surface area contributed by atoms with Gasteiger partial charge in [-0.2, -0.15) is 0 Å². The molecule has 0 saturated carbocycles. The minimum atomic E-state index is -4.08. The average Bonchev–Trinajstić information content (AvgIpc) is 2.92. The Hall–Kier alpha value is -3.86. The highest BCUT2D eigenvalue weighted by Gasteiger charge is 2.28. The van der Waals surface area contributed by atoms with Crippen LogP contribution in [0.25, 0.3) is 0 Å². The summed E-state index contributed by atoms with van der Waals surface area (Å²) in [5.41, 5.74) is 4.09. The molecule has 0 fully saturated rings. The van der Waals surface area contributed by atoms with Gasteiger partial charge in [-0.15, -0.1) is 0 Å². The van der Waals surface area contributed by atoms with E-state index in [4.69, 9.17) is 11.6 Å². The molecule has 4 aromatic rings. The van der Waals surface area contributed by atoms with Crippen molar-refractivity contribution in [3.8, 4) is 0 Å². The van der Waals surface area contributed by atoms with Crippen molar-refractivity contribution >= 4 is 54.6 Å². The molecule has 0 unspecified atom stereocenters. The van der Waals surface area contributed by atoms with Crippen molar-refractivity contribution in [2.24, 2.45) is 0 Å². The van der Waals surface area contributed by atoms with Gasteiger partial charge in [0, 0.05) is 10.7 Å². The molecule has 214 valence electrons. The second-order valence-electron chi connectivity index (χ2n) is 9.71. The topological polar surface area (TPSA) is 113 Å². The molecule has 0 aliphatic rings. The number of sulfonamides is 2. The fraction of sp³-hybridized carbons (Fsp3) is 0.167. The highest BCUT2D eigenvalue weighted by atomic mass is 35.5. The van der Waals surface area contributed by atoms with Crippen molar-refractivity contribution in [3.63, 3.8) is 0 Å². The Morgan fingerprint density at radius 1 is 0.780 bits per heavy atom. The summed E-state index contributed by atoms with van der Waals surface area (Å²) in [4.78, 5) is 13.2. The minimum absolute atomic E-state index is 0.0196. The van der Waals surface area contributed by atoms with E-state index in [0.717, 1.165) is 15.4 Å². The zero-order chi connectivity index (χ0) is 29.9. The predicted octanol–water partition coefficient (Wildman–Crippen LogP) is 6.21. The molecule has 0 aliphatic heterocycles. The normalized spacial score (nSPS) is 11.6. The first-order chi connectivity index (χ1) is 19.3. The van der Waals surface area contributed by atoms with E-state index in [0.29, 0.717) is 33.2 Å². The van der Waals surface area contributed by atoms with Crippen LogP contribution in [-0.2, 0) is 24.8 Å². The lowest BCUT2D eigenvalue weighted by Crippen LogP contribution is -2.38. The Morgan fingerprint density at radius 2 is 1.39 bits per heavy atom. The molecular weight excluding hydrogens is 582 g/mol. The molecule has 11 heteroatoms. The molecule has 4 rings (SSSR count). The van der Waals surface area contributed by atoms with E-state index in [1.54, 1.807) is 56.3 Å². The summed E-state index contributed by atoms with van der Waals surface area (Å²) in [7, 11) is -8.01. The van der Waals surface area contributed by atoms with Crippen molar-refractivity contribution in [1.29, 1.82) is 0 Å². The molecule has 0 atom stereocenters. The molecule has 4 aromatic carbocycles. The standard InChI is InChI=1S/C30H30ClN3O5S2/c1-20-9-14-26(15-10-20)41(38,39)34(29-18-21(2)8-11-22(29)3)19-30(35)32-24-12-16-25(17-13-24)40(36,37)33-28-7-5-6-27(31)23(28)4/h5-18,33H,19H2,1-4H3,(H,32,35). The fourth-order valence-electron chi connectivity index (χ4n) is 4.10. The zero-order valence-electron chi connectivity index (χ0n) is 23.0. The van der Waals surface area contributed by atoms with Crippen LogP contribution in [0.15, 0.2) is 94.7 Å². The van der Waals surface area contributed by atoms with Gasteiger partial charge in [0.1, 0.15) is 6.54 Å². The van der Waals surface area contributed by atoms with Crippen LogP contribution in [-0.4, -0.2) is 29.3 Å². The van der Waals surface area contributed by atoms with Crippen LogP contribution >= 0.6 is 11.6 Å². The smallest absolute Gasteiger partial charge is 0.264 e. The molecule has 0 aromatic heterocycles. The molecule has 0 spiro atoms. The van der Waals surface area contributed by atoms with Gasteiger partial charge in [0.25, 0.3) is 20.0 Å². The fourth-order valence-corrected chi connectivity index (χ4v) is 6.87. The van der Waals surface area contributed by atoms with Crippen molar-refractivity contribution in [3.05, 3.63) is 112 Å². The summed E-state index contributed by atoms with van der Waals surface area (Å²) in [5, 5.41) is 3.11. The quantitative estimate of drug-likeness (QED) is 0.234. The van der Waals surface area contributed by atoms with E-state index in [1.807, 2.05) is 19.9 Å². The first kappa shape index (κ1) is 30.1. The maximum atomic E-state index is 13.7. The summed E-state index contributed by atoms with van der Waals surface area (Å²) in [5.74, 6) is -0.593. The van der Waals surface area contributed by atoms with Crippen LogP contribution < -0.4 is 14.3 Å². The molecule has 0 heterocycles. The third-order valence-electron chi connectivity index (χ3n) is 6.49. The third-order valence-corrected chi connectivity index (χ3v) is 10.1. The number of amides is 1. The Balaban J connectivity index is 1.57. The molecule has 2 N–H and O–H groups in total. The van der Waals surface area contributed by atoms with Crippen molar-refractivity contribution in [2.45, 2.75) is 37.5 Å². The number of halogens is 1. The molecule has 41 heavy (non-hydrogen) atoms. The van der Waals surface area contributed by atoms with Gasteiger partial charge >= 0.3 is 0 Å². The summed E-state index contributed by atoms with van der Waals surface area (Å²) < 4.78 is 56.9. The number of carbonyl (C=O) groups excluding carboxylic acids is 1. The lowest BCUT2D eigenvalue weighted by molar-refractivity contribution is -0.114. The maximum absolute atomic E-state index is 13.7. The number of hydrogen-bond donors (Lipinski definition) is 2. The van der Waals surface area contributed by atoms with E-state index in [-0.39, 0.29) is 9.79 Å². The second kappa shape index (κ2) is 11.9. The number of benzene rings is 4. The lowest BCUT2D eigenvalue weighted by Gasteiger charge is -2.26. The Bertz CT molecular complexity index is 1810. The molecule has 8 nitrogen and oxygen atoms in total. The SMILES string of the molecule is Cc1ccc(S(=O)(=O)N(CC(=O)Nc2ccc(S(=O)(=O)Nc3cccc(Cl)c3C)cc2)c2cc(C)ccc2C)cc1. The Morgan fingerprint density at radius 3 is 2.05 bits per heavy atom. The number of nitrogens with zero attached hydrogens (tertiary/aromatic N) is 1. The maximum Gasteiger partial charge on any atom is 0.264 e. The van der Waals surface area contributed by atoms with Gasteiger partial charge < -0.3 is 5.32 Å². The van der Waals surface area contributed by atoms with Crippen LogP contribution in [0.1, 0.15) is 22.3 Å². The molecule has 0 bridgehead atoms. The van der Waals surface area contributed by atoms with Crippen LogP contribution in [0.5, 0.6) is 0 Å². The van der Waals surface area contributed by atoms with Crippen LogP contribution in [0, 0.1) is 27.7 Å². The van der Waals surface area contributed by atoms with Gasteiger partial charge in [0.05, 0.1) is 21.2 Å².